The van der Waals surface area contributed by atoms with Crippen LogP contribution in [0.4, 0.5) is 0 Å². The second-order valence-corrected chi connectivity index (χ2v) is 10.6. The number of hydrogen-bond acceptors (Lipinski definition) is 4. The molecule has 3 aromatic rings. The lowest BCUT2D eigenvalue weighted by Crippen LogP contribution is -2.43. The summed E-state index contributed by atoms with van der Waals surface area (Å²) >= 11 is 0. The second kappa shape index (κ2) is 10.4. The van der Waals surface area contributed by atoms with Gasteiger partial charge < -0.3 is 10.1 Å². The molecule has 0 unspecified atom stereocenters. The summed E-state index contributed by atoms with van der Waals surface area (Å²) in [6.07, 6.45) is 0.974. The van der Waals surface area contributed by atoms with Gasteiger partial charge in [0.25, 0.3) is 0 Å². The van der Waals surface area contributed by atoms with Gasteiger partial charge in [-0.3, -0.25) is 4.79 Å². The lowest BCUT2D eigenvalue weighted by molar-refractivity contribution is -0.126. The summed E-state index contributed by atoms with van der Waals surface area (Å²) in [4.78, 5) is 13.5. The number of sulfonamides is 1. The number of benzene rings is 3. The number of carbonyl (C=O) groups excluding carboxylic acids is 1. The summed E-state index contributed by atoms with van der Waals surface area (Å²) in [5.41, 5.74) is 2.96. The molecular formula is C27H30N2O4S. The van der Waals surface area contributed by atoms with Gasteiger partial charge in [0.2, 0.25) is 15.9 Å². The van der Waals surface area contributed by atoms with Gasteiger partial charge in [0, 0.05) is 19.0 Å². The number of nitrogens with zero attached hydrogens (tertiary/aromatic N) is 1. The highest BCUT2D eigenvalue weighted by atomic mass is 32.2. The number of aryl methyl sites for hydroxylation is 1. The van der Waals surface area contributed by atoms with E-state index >= 15 is 0 Å². The maximum atomic E-state index is 13.2. The molecule has 1 atom stereocenters. The van der Waals surface area contributed by atoms with Crippen LogP contribution in [0.3, 0.4) is 0 Å². The van der Waals surface area contributed by atoms with Crippen LogP contribution >= 0.6 is 0 Å². The quantitative estimate of drug-likeness (QED) is 0.549. The fraction of sp³-hybridized carbons (Fsp3) is 0.296. The second-order valence-electron chi connectivity index (χ2n) is 8.62. The van der Waals surface area contributed by atoms with Gasteiger partial charge in [-0.15, -0.1) is 0 Å². The van der Waals surface area contributed by atoms with Crippen LogP contribution in [0.15, 0.2) is 83.8 Å². The molecule has 34 heavy (non-hydrogen) atoms. The molecule has 0 spiro atoms. The number of hydrogen-bond donors (Lipinski definition) is 1. The van der Waals surface area contributed by atoms with Crippen LogP contribution in [-0.2, 0) is 14.8 Å². The summed E-state index contributed by atoms with van der Waals surface area (Å²) in [5.74, 6) is 0.454. The summed E-state index contributed by atoms with van der Waals surface area (Å²) in [6, 6.07) is 24.1. The molecule has 0 bridgehead atoms. The first-order valence-electron chi connectivity index (χ1n) is 11.4. The van der Waals surface area contributed by atoms with Gasteiger partial charge in [0.05, 0.1) is 18.0 Å². The lowest BCUT2D eigenvalue weighted by Gasteiger charge is -2.31. The van der Waals surface area contributed by atoms with Crippen LogP contribution in [0.25, 0.3) is 0 Å². The third-order valence-electron chi connectivity index (χ3n) is 6.35. The van der Waals surface area contributed by atoms with Crippen molar-refractivity contribution in [3.05, 3.63) is 95.6 Å². The Morgan fingerprint density at radius 3 is 2.09 bits per heavy atom. The molecule has 1 saturated heterocycles. The predicted molar refractivity (Wildman–Crippen MR) is 132 cm³/mol. The zero-order valence-electron chi connectivity index (χ0n) is 19.5. The van der Waals surface area contributed by atoms with Gasteiger partial charge in [-0.05, 0) is 55.2 Å². The van der Waals surface area contributed by atoms with Crippen molar-refractivity contribution in [2.75, 3.05) is 20.2 Å². The van der Waals surface area contributed by atoms with Crippen molar-refractivity contribution in [1.82, 2.24) is 9.62 Å². The van der Waals surface area contributed by atoms with Crippen molar-refractivity contribution in [1.29, 1.82) is 0 Å². The SMILES string of the molecule is COc1ccc([C@H](NC(=O)C2CCN(S(=O)(=O)c3ccc(C)cc3)CC2)c2ccccc2)cc1. The number of amides is 1. The summed E-state index contributed by atoms with van der Waals surface area (Å²) in [5, 5.41) is 3.20. The Morgan fingerprint density at radius 2 is 1.50 bits per heavy atom. The minimum absolute atomic E-state index is 0.0583. The Morgan fingerprint density at radius 1 is 0.912 bits per heavy atom. The van der Waals surface area contributed by atoms with Gasteiger partial charge in [-0.25, -0.2) is 8.42 Å². The van der Waals surface area contributed by atoms with E-state index in [0.717, 1.165) is 22.4 Å². The Kier molecular flexibility index (Phi) is 7.34. The van der Waals surface area contributed by atoms with Gasteiger partial charge in [0.1, 0.15) is 5.75 Å². The highest BCUT2D eigenvalue weighted by molar-refractivity contribution is 7.89. The molecule has 178 valence electrons. The smallest absolute Gasteiger partial charge is 0.243 e. The molecule has 1 heterocycles. The van der Waals surface area contributed by atoms with Gasteiger partial charge >= 0.3 is 0 Å². The van der Waals surface area contributed by atoms with Gasteiger partial charge in [-0.2, -0.15) is 4.31 Å². The third-order valence-corrected chi connectivity index (χ3v) is 8.26. The lowest BCUT2D eigenvalue weighted by atomic mass is 9.94. The first-order valence-corrected chi connectivity index (χ1v) is 12.9. The molecule has 1 N–H and O–H groups in total. The molecule has 4 rings (SSSR count). The Hall–Kier alpha value is -3.16. The number of ether oxygens (including phenoxy) is 1. The van der Waals surface area contributed by atoms with E-state index in [0.29, 0.717) is 30.8 Å². The molecule has 1 aliphatic rings. The molecule has 1 fully saturated rings. The van der Waals surface area contributed by atoms with Crippen LogP contribution in [-0.4, -0.2) is 38.8 Å². The number of carbonyl (C=O) groups is 1. The average Bonchev–Trinajstić information content (AvgIpc) is 2.88. The van der Waals surface area contributed by atoms with Crippen LogP contribution in [0.1, 0.15) is 35.6 Å². The Labute approximate surface area is 201 Å². The largest absolute Gasteiger partial charge is 0.497 e. The maximum absolute atomic E-state index is 13.2. The third kappa shape index (κ3) is 5.32. The van der Waals surface area contributed by atoms with Gasteiger partial charge in [0.15, 0.2) is 0 Å². The summed E-state index contributed by atoms with van der Waals surface area (Å²) in [7, 11) is -1.93. The number of piperidine rings is 1. The maximum Gasteiger partial charge on any atom is 0.243 e. The number of nitrogens with one attached hydrogen (secondary N) is 1. The molecule has 0 aliphatic carbocycles. The number of methoxy groups -OCH3 is 1. The molecule has 1 aliphatic heterocycles. The fourth-order valence-electron chi connectivity index (χ4n) is 4.28. The Bertz CT molecular complexity index is 1200. The molecule has 3 aromatic carbocycles. The highest BCUT2D eigenvalue weighted by Gasteiger charge is 2.33. The Balaban J connectivity index is 1.45. The van der Waals surface area contributed by atoms with Crippen molar-refractivity contribution in [3.8, 4) is 5.75 Å². The molecule has 0 aromatic heterocycles. The van der Waals surface area contributed by atoms with Crippen molar-refractivity contribution in [2.45, 2.75) is 30.7 Å². The van der Waals surface area contributed by atoms with E-state index in [-0.39, 0.29) is 17.9 Å². The minimum Gasteiger partial charge on any atom is -0.497 e. The monoisotopic (exact) mass is 478 g/mol. The minimum atomic E-state index is -3.55. The zero-order chi connectivity index (χ0) is 24.1. The molecular weight excluding hydrogens is 448 g/mol. The van der Waals surface area contributed by atoms with Crippen LogP contribution < -0.4 is 10.1 Å². The number of rotatable bonds is 7. The molecule has 1 amide bonds. The first kappa shape index (κ1) is 24.0. The standard InChI is InChI=1S/C27H30N2O4S/c1-20-8-14-25(15-9-20)34(31,32)29-18-16-23(17-19-29)27(30)28-26(21-6-4-3-5-7-21)22-10-12-24(33-2)13-11-22/h3-15,23,26H,16-19H2,1-2H3,(H,28,30)/t26-/m1/s1. The van der Waals surface area contributed by atoms with Crippen molar-refractivity contribution in [3.63, 3.8) is 0 Å². The first-order chi connectivity index (χ1) is 16.4. The van der Waals surface area contributed by atoms with E-state index < -0.39 is 10.0 Å². The van der Waals surface area contributed by atoms with Crippen molar-refractivity contribution in [2.24, 2.45) is 5.92 Å². The molecule has 7 heteroatoms. The molecule has 0 saturated carbocycles. The van der Waals surface area contributed by atoms with E-state index in [1.54, 1.807) is 31.4 Å². The molecule has 6 nitrogen and oxygen atoms in total. The summed E-state index contributed by atoms with van der Waals surface area (Å²) < 4.78 is 32.7. The van der Waals surface area contributed by atoms with E-state index in [4.69, 9.17) is 4.74 Å². The topological polar surface area (TPSA) is 75.7 Å². The molecule has 0 radical (unpaired) electrons. The van der Waals surface area contributed by atoms with Crippen LogP contribution in [0.2, 0.25) is 0 Å². The normalized spacial score (nSPS) is 16.1. The fourth-order valence-corrected chi connectivity index (χ4v) is 5.75. The van der Waals surface area contributed by atoms with Crippen LogP contribution in [0, 0.1) is 12.8 Å². The average molecular weight is 479 g/mol. The highest BCUT2D eigenvalue weighted by Crippen LogP contribution is 2.28. The zero-order valence-corrected chi connectivity index (χ0v) is 20.3. The predicted octanol–water partition coefficient (Wildman–Crippen LogP) is 4.31. The van der Waals surface area contributed by atoms with E-state index in [1.165, 1.54) is 4.31 Å². The summed E-state index contributed by atoms with van der Waals surface area (Å²) in [6.45, 7) is 2.58. The van der Waals surface area contributed by atoms with Gasteiger partial charge in [-0.1, -0.05) is 60.2 Å². The van der Waals surface area contributed by atoms with E-state index in [2.05, 4.69) is 5.32 Å². The van der Waals surface area contributed by atoms with Crippen molar-refractivity contribution < 1.29 is 17.9 Å². The van der Waals surface area contributed by atoms with E-state index in [9.17, 15) is 13.2 Å². The van der Waals surface area contributed by atoms with E-state index in [1.807, 2.05) is 61.5 Å². The van der Waals surface area contributed by atoms with Crippen LogP contribution in [0.5, 0.6) is 5.75 Å². The van der Waals surface area contributed by atoms with Crippen molar-refractivity contribution >= 4 is 15.9 Å².